The molecule has 1 saturated heterocycles. The molecule has 2 fully saturated rings. The molecular weight excluding hydrogens is 298 g/mol. The summed E-state index contributed by atoms with van der Waals surface area (Å²) in [5.74, 6) is -2.12. The highest BCUT2D eigenvalue weighted by Gasteiger charge is 2.45. The fourth-order valence-electron chi connectivity index (χ4n) is 2.92. The normalized spacial score (nSPS) is 21.7. The molecule has 3 aliphatic rings. The van der Waals surface area contributed by atoms with Gasteiger partial charge in [-0.1, -0.05) is 11.6 Å². The summed E-state index contributed by atoms with van der Waals surface area (Å²) < 4.78 is 0. The Morgan fingerprint density at radius 3 is 2.52 bits per heavy atom. The molecule has 0 radical (unpaired) electrons. The maximum absolute atomic E-state index is 12.2. The summed E-state index contributed by atoms with van der Waals surface area (Å²) >= 11 is 0. The second kappa shape index (κ2) is 6.52. The van der Waals surface area contributed by atoms with Gasteiger partial charge in [-0.2, -0.15) is 0 Å². The zero-order valence-electron chi connectivity index (χ0n) is 13.0. The van der Waals surface area contributed by atoms with Crippen LogP contribution in [0.1, 0.15) is 44.9 Å². The molecule has 0 aromatic rings. The van der Waals surface area contributed by atoms with Crippen molar-refractivity contribution in [3.8, 4) is 0 Å². The first-order valence-corrected chi connectivity index (χ1v) is 8.21. The average molecular weight is 319 g/mol. The van der Waals surface area contributed by atoms with Crippen LogP contribution >= 0.6 is 0 Å². The predicted molar refractivity (Wildman–Crippen MR) is 81.2 cm³/mol. The van der Waals surface area contributed by atoms with Gasteiger partial charge < -0.3 is 5.32 Å². The van der Waals surface area contributed by atoms with Gasteiger partial charge in [-0.3, -0.25) is 19.3 Å². The van der Waals surface area contributed by atoms with Crippen molar-refractivity contribution < 1.29 is 19.2 Å². The highest BCUT2D eigenvalue weighted by molar-refractivity contribution is 6.45. The van der Waals surface area contributed by atoms with Gasteiger partial charge >= 0.3 is 17.8 Å². The lowest BCUT2D eigenvalue weighted by Crippen LogP contribution is -2.42. The third kappa shape index (κ3) is 3.60. The van der Waals surface area contributed by atoms with Crippen LogP contribution in [0.25, 0.3) is 0 Å². The molecule has 1 aliphatic heterocycles. The topological polar surface area (TPSA) is 86.8 Å². The standard InChI is InChI=1S/C16H21N3O4/c20-13(17-12-6-7-12)10-19-15(22)14(21)18(16(19)23)9-8-11-4-2-1-3-5-11/h4,12H,1-3,5-10H2,(H,17,20). The summed E-state index contributed by atoms with van der Waals surface area (Å²) in [5, 5.41) is 2.71. The third-order valence-corrected chi connectivity index (χ3v) is 4.42. The average Bonchev–Trinajstić information content (AvgIpc) is 3.33. The molecule has 0 aromatic carbocycles. The molecular formula is C16H21N3O4. The Hall–Kier alpha value is -2.18. The molecule has 1 heterocycles. The van der Waals surface area contributed by atoms with Gasteiger partial charge in [-0.15, -0.1) is 0 Å². The zero-order valence-corrected chi connectivity index (χ0v) is 13.0. The van der Waals surface area contributed by atoms with Crippen molar-refractivity contribution >= 4 is 23.8 Å². The lowest BCUT2D eigenvalue weighted by molar-refractivity contribution is -0.144. The van der Waals surface area contributed by atoms with Crippen molar-refractivity contribution in [2.45, 2.75) is 51.0 Å². The lowest BCUT2D eigenvalue weighted by Gasteiger charge is -2.17. The zero-order chi connectivity index (χ0) is 16.4. The molecule has 0 bridgehead atoms. The minimum atomic E-state index is -0.904. The summed E-state index contributed by atoms with van der Waals surface area (Å²) in [7, 11) is 0. The van der Waals surface area contributed by atoms with Gasteiger partial charge in [0.25, 0.3) is 0 Å². The monoisotopic (exact) mass is 319 g/mol. The van der Waals surface area contributed by atoms with Gasteiger partial charge in [0.2, 0.25) is 5.91 Å². The van der Waals surface area contributed by atoms with Gasteiger partial charge in [-0.05, 0) is 44.9 Å². The molecule has 124 valence electrons. The maximum atomic E-state index is 12.2. The van der Waals surface area contributed by atoms with Crippen LogP contribution < -0.4 is 5.32 Å². The van der Waals surface area contributed by atoms with E-state index in [1.165, 1.54) is 12.0 Å². The van der Waals surface area contributed by atoms with E-state index in [4.69, 9.17) is 0 Å². The number of carbonyl (C=O) groups excluding carboxylic acids is 4. The van der Waals surface area contributed by atoms with E-state index in [2.05, 4.69) is 11.4 Å². The van der Waals surface area contributed by atoms with Gasteiger partial charge in [0.15, 0.2) is 0 Å². The molecule has 0 spiro atoms. The summed E-state index contributed by atoms with van der Waals surface area (Å²) in [4.78, 5) is 49.6. The fourth-order valence-corrected chi connectivity index (χ4v) is 2.92. The van der Waals surface area contributed by atoms with E-state index in [9.17, 15) is 19.2 Å². The Morgan fingerprint density at radius 2 is 1.87 bits per heavy atom. The van der Waals surface area contributed by atoms with E-state index in [1.807, 2.05) is 0 Å². The van der Waals surface area contributed by atoms with E-state index in [0.717, 1.165) is 41.9 Å². The van der Waals surface area contributed by atoms with Crippen LogP contribution in [-0.4, -0.2) is 52.7 Å². The summed E-state index contributed by atoms with van der Waals surface area (Å²) in [6.45, 7) is -0.172. The number of urea groups is 1. The van der Waals surface area contributed by atoms with Crippen molar-refractivity contribution in [2.75, 3.05) is 13.1 Å². The van der Waals surface area contributed by atoms with Crippen LogP contribution in [0.4, 0.5) is 4.79 Å². The predicted octanol–water partition coefficient (Wildman–Crippen LogP) is 0.946. The Balaban J connectivity index is 1.57. The quantitative estimate of drug-likeness (QED) is 0.448. The molecule has 7 nitrogen and oxygen atoms in total. The van der Waals surface area contributed by atoms with Crippen molar-refractivity contribution in [3.05, 3.63) is 11.6 Å². The fraction of sp³-hybridized carbons (Fsp3) is 0.625. The first-order valence-electron chi connectivity index (χ1n) is 8.21. The van der Waals surface area contributed by atoms with Crippen LogP contribution in [-0.2, 0) is 14.4 Å². The summed E-state index contributed by atoms with van der Waals surface area (Å²) in [5.41, 5.74) is 1.23. The maximum Gasteiger partial charge on any atom is 0.334 e. The van der Waals surface area contributed by atoms with Crippen LogP contribution in [0.5, 0.6) is 0 Å². The van der Waals surface area contributed by atoms with E-state index in [-0.39, 0.29) is 25.0 Å². The first-order chi connectivity index (χ1) is 11.1. The molecule has 7 heteroatoms. The number of rotatable bonds is 6. The van der Waals surface area contributed by atoms with Crippen molar-refractivity contribution in [1.82, 2.24) is 15.1 Å². The Bertz CT molecular complexity index is 580. The third-order valence-electron chi connectivity index (χ3n) is 4.42. The summed E-state index contributed by atoms with van der Waals surface area (Å²) in [6.07, 6.45) is 8.92. The Morgan fingerprint density at radius 1 is 1.13 bits per heavy atom. The number of carbonyl (C=O) groups is 4. The van der Waals surface area contributed by atoms with Crippen molar-refractivity contribution in [2.24, 2.45) is 0 Å². The van der Waals surface area contributed by atoms with Crippen LogP contribution in [0.15, 0.2) is 11.6 Å². The molecule has 1 N–H and O–H groups in total. The number of allylic oxidation sites excluding steroid dienone is 1. The van der Waals surface area contributed by atoms with Gasteiger partial charge in [0.05, 0.1) is 0 Å². The van der Waals surface area contributed by atoms with Crippen LogP contribution in [0.3, 0.4) is 0 Å². The molecule has 23 heavy (non-hydrogen) atoms. The molecule has 3 rings (SSSR count). The molecule has 5 amide bonds. The number of hydrogen-bond acceptors (Lipinski definition) is 4. The minimum absolute atomic E-state index is 0.153. The van der Waals surface area contributed by atoms with Crippen molar-refractivity contribution in [1.29, 1.82) is 0 Å². The van der Waals surface area contributed by atoms with E-state index >= 15 is 0 Å². The highest BCUT2D eigenvalue weighted by atomic mass is 16.2. The second-order valence-electron chi connectivity index (χ2n) is 6.33. The minimum Gasteiger partial charge on any atom is -0.352 e. The van der Waals surface area contributed by atoms with E-state index < -0.39 is 17.8 Å². The largest absolute Gasteiger partial charge is 0.352 e. The van der Waals surface area contributed by atoms with Gasteiger partial charge in [-0.25, -0.2) is 9.69 Å². The molecule has 0 atom stereocenters. The molecule has 1 saturated carbocycles. The number of amides is 5. The highest BCUT2D eigenvalue weighted by Crippen LogP contribution is 2.22. The summed E-state index contributed by atoms with van der Waals surface area (Å²) in [6, 6.07) is -0.525. The Labute approximate surface area is 134 Å². The van der Waals surface area contributed by atoms with Crippen molar-refractivity contribution in [3.63, 3.8) is 0 Å². The number of nitrogens with one attached hydrogen (secondary N) is 1. The lowest BCUT2D eigenvalue weighted by atomic mass is 9.97. The van der Waals surface area contributed by atoms with E-state index in [1.54, 1.807) is 0 Å². The van der Waals surface area contributed by atoms with Crippen LogP contribution in [0.2, 0.25) is 0 Å². The first kappa shape index (κ1) is 15.7. The molecule has 0 aromatic heterocycles. The SMILES string of the molecule is O=C(CN1C(=O)C(=O)N(CCC2=CCCCC2)C1=O)NC1CC1. The number of nitrogens with zero attached hydrogens (tertiary/aromatic N) is 2. The van der Waals surface area contributed by atoms with Gasteiger partial charge in [0, 0.05) is 12.6 Å². The van der Waals surface area contributed by atoms with E-state index in [0.29, 0.717) is 6.42 Å². The van der Waals surface area contributed by atoms with Crippen LogP contribution in [0, 0.1) is 0 Å². The Kier molecular flexibility index (Phi) is 4.45. The number of imide groups is 2. The second-order valence-corrected chi connectivity index (χ2v) is 6.33. The molecule has 0 unspecified atom stereocenters. The smallest absolute Gasteiger partial charge is 0.334 e. The molecule has 2 aliphatic carbocycles. The number of hydrogen-bond donors (Lipinski definition) is 1. The van der Waals surface area contributed by atoms with Gasteiger partial charge in [0.1, 0.15) is 6.54 Å².